The number of pyridine rings is 1. The number of rotatable bonds is 12. The molecule has 1 aromatic heterocycles. The number of carbonyl (C=O) groups is 3. The number of aromatic nitrogens is 1. The van der Waals surface area contributed by atoms with Crippen LogP contribution in [0.2, 0.25) is 0 Å². The topological polar surface area (TPSA) is 144 Å². The maximum Gasteiger partial charge on any atom is 0.328 e. The number of hydrogen-bond acceptors (Lipinski definition) is 7. The molecule has 4 aromatic rings. The van der Waals surface area contributed by atoms with Gasteiger partial charge in [0.1, 0.15) is 6.04 Å². The first-order valence-electron chi connectivity index (χ1n) is 14.7. The number of carbonyl (C=O) groups excluding carboxylic acids is 3. The standard InChI is InChI=1S/C35H38N4O6S/c1-35(2,3)39-46(43,44)31-13-9-8-12-29(31)26-21-27(23-36-22-26)33(41)37-28-17-14-24(15-18-28)16-19-32(40)38-30(34(42)45-4)20-25-10-6-5-7-11-25/h5-15,17-18,21-23,30,39H,16,19-20H2,1-4H3,(H,37,41)(H,38,40). The Morgan fingerprint density at radius 3 is 2.22 bits per heavy atom. The van der Waals surface area contributed by atoms with E-state index in [0.29, 0.717) is 29.7 Å². The molecule has 240 valence electrons. The summed E-state index contributed by atoms with van der Waals surface area (Å²) in [6.07, 6.45) is 3.84. The van der Waals surface area contributed by atoms with Crippen molar-refractivity contribution in [1.29, 1.82) is 0 Å². The number of esters is 1. The van der Waals surface area contributed by atoms with Gasteiger partial charge in [-0.15, -0.1) is 0 Å². The summed E-state index contributed by atoms with van der Waals surface area (Å²) >= 11 is 0. The molecule has 3 aromatic carbocycles. The van der Waals surface area contributed by atoms with Crippen LogP contribution in [-0.4, -0.2) is 49.9 Å². The van der Waals surface area contributed by atoms with E-state index in [0.717, 1.165) is 11.1 Å². The molecule has 3 N–H and O–H groups in total. The fraction of sp³-hybridized carbons (Fsp3) is 0.257. The fourth-order valence-corrected chi connectivity index (χ4v) is 6.43. The number of methoxy groups -OCH3 is 1. The van der Waals surface area contributed by atoms with E-state index in [1.807, 2.05) is 42.5 Å². The Morgan fingerprint density at radius 1 is 0.870 bits per heavy atom. The molecule has 0 aliphatic carbocycles. The molecular weight excluding hydrogens is 604 g/mol. The molecule has 0 aliphatic heterocycles. The van der Waals surface area contributed by atoms with Crippen molar-refractivity contribution in [3.8, 4) is 11.1 Å². The number of ether oxygens (including phenoxy) is 1. The molecule has 0 fully saturated rings. The normalized spacial score (nSPS) is 12.2. The van der Waals surface area contributed by atoms with Gasteiger partial charge in [-0.05, 0) is 62.6 Å². The molecule has 1 unspecified atom stereocenters. The molecule has 0 bridgehead atoms. The van der Waals surface area contributed by atoms with Crippen LogP contribution in [0.3, 0.4) is 0 Å². The quantitative estimate of drug-likeness (QED) is 0.186. The lowest BCUT2D eigenvalue weighted by molar-refractivity contribution is -0.145. The lowest BCUT2D eigenvalue weighted by Crippen LogP contribution is -2.43. The molecule has 10 nitrogen and oxygen atoms in total. The molecule has 0 radical (unpaired) electrons. The number of benzene rings is 3. The monoisotopic (exact) mass is 642 g/mol. The third kappa shape index (κ3) is 9.56. The van der Waals surface area contributed by atoms with Gasteiger partial charge in [0.25, 0.3) is 5.91 Å². The summed E-state index contributed by atoms with van der Waals surface area (Å²) in [5.74, 6) is -1.20. The summed E-state index contributed by atoms with van der Waals surface area (Å²) in [4.78, 5) is 42.3. The maximum absolute atomic E-state index is 13.1. The molecule has 0 spiro atoms. The van der Waals surface area contributed by atoms with Gasteiger partial charge in [0.2, 0.25) is 15.9 Å². The Kier molecular flexibility index (Phi) is 11.0. The van der Waals surface area contributed by atoms with Gasteiger partial charge in [0, 0.05) is 47.6 Å². The van der Waals surface area contributed by atoms with Gasteiger partial charge in [0.05, 0.1) is 17.6 Å². The number of hydrogen-bond donors (Lipinski definition) is 3. The minimum absolute atomic E-state index is 0.0885. The second-order valence-corrected chi connectivity index (χ2v) is 13.4. The molecule has 11 heteroatoms. The highest BCUT2D eigenvalue weighted by molar-refractivity contribution is 7.89. The molecule has 0 saturated heterocycles. The summed E-state index contributed by atoms with van der Waals surface area (Å²) in [6, 6.07) is 23.8. The van der Waals surface area contributed by atoms with Crippen LogP contribution in [0.15, 0.2) is 102 Å². The van der Waals surface area contributed by atoms with Crippen molar-refractivity contribution < 1.29 is 27.5 Å². The van der Waals surface area contributed by atoms with E-state index in [1.54, 1.807) is 57.2 Å². The Labute approximate surface area is 269 Å². The molecule has 2 amide bonds. The molecule has 1 heterocycles. The first kappa shape index (κ1) is 34.0. The average Bonchev–Trinajstić information content (AvgIpc) is 3.03. The zero-order valence-corrected chi connectivity index (χ0v) is 27.1. The third-order valence-electron chi connectivity index (χ3n) is 6.88. The van der Waals surface area contributed by atoms with E-state index in [4.69, 9.17) is 4.74 Å². The van der Waals surface area contributed by atoms with Gasteiger partial charge in [-0.2, -0.15) is 0 Å². The summed E-state index contributed by atoms with van der Waals surface area (Å²) in [6.45, 7) is 5.29. The van der Waals surface area contributed by atoms with E-state index in [-0.39, 0.29) is 22.8 Å². The van der Waals surface area contributed by atoms with Gasteiger partial charge in [-0.3, -0.25) is 14.6 Å². The van der Waals surface area contributed by atoms with Crippen molar-refractivity contribution in [2.45, 2.75) is 56.5 Å². The van der Waals surface area contributed by atoms with Gasteiger partial charge < -0.3 is 15.4 Å². The van der Waals surface area contributed by atoms with Gasteiger partial charge in [-0.1, -0.05) is 60.7 Å². The predicted octanol–water partition coefficient (Wildman–Crippen LogP) is 4.91. The third-order valence-corrected chi connectivity index (χ3v) is 8.70. The molecule has 0 aliphatic rings. The molecule has 1 atom stereocenters. The van der Waals surface area contributed by atoms with Gasteiger partial charge in [-0.25, -0.2) is 17.9 Å². The van der Waals surface area contributed by atoms with Crippen LogP contribution in [0.4, 0.5) is 5.69 Å². The predicted molar refractivity (Wildman–Crippen MR) is 177 cm³/mol. The van der Waals surface area contributed by atoms with Crippen LogP contribution in [0, 0.1) is 0 Å². The highest BCUT2D eigenvalue weighted by Gasteiger charge is 2.25. The second-order valence-electron chi connectivity index (χ2n) is 11.8. The lowest BCUT2D eigenvalue weighted by atomic mass is 10.0. The lowest BCUT2D eigenvalue weighted by Gasteiger charge is -2.21. The van der Waals surface area contributed by atoms with Crippen LogP contribution < -0.4 is 15.4 Å². The first-order valence-corrected chi connectivity index (χ1v) is 16.2. The van der Waals surface area contributed by atoms with Gasteiger partial charge >= 0.3 is 5.97 Å². The number of aryl methyl sites for hydroxylation is 1. The van der Waals surface area contributed by atoms with Crippen LogP contribution >= 0.6 is 0 Å². The van der Waals surface area contributed by atoms with Crippen LogP contribution in [0.1, 0.15) is 48.7 Å². The summed E-state index contributed by atoms with van der Waals surface area (Å²) in [5, 5.41) is 5.60. The van der Waals surface area contributed by atoms with Crippen LogP contribution in [0.25, 0.3) is 11.1 Å². The Balaban J connectivity index is 1.38. The SMILES string of the molecule is COC(=O)C(Cc1ccccc1)NC(=O)CCc1ccc(NC(=O)c2cncc(-c3ccccc3S(=O)(=O)NC(C)(C)C)c2)cc1. The van der Waals surface area contributed by atoms with E-state index in [2.05, 4.69) is 20.3 Å². The van der Waals surface area contributed by atoms with Crippen LogP contribution in [0.5, 0.6) is 0 Å². The van der Waals surface area contributed by atoms with E-state index < -0.39 is 33.5 Å². The van der Waals surface area contributed by atoms with Crippen molar-refractivity contribution in [3.05, 3.63) is 114 Å². The molecule has 46 heavy (non-hydrogen) atoms. The van der Waals surface area contributed by atoms with Crippen molar-refractivity contribution in [3.63, 3.8) is 0 Å². The minimum atomic E-state index is -3.84. The summed E-state index contributed by atoms with van der Waals surface area (Å²) in [5.41, 5.74) is 2.80. The zero-order valence-electron chi connectivity index (χ0n) is 26.2. The van der Waals surface area contributed by atoms with Crippen molar-refractivity contribution in [2.75, 3.05) is 12.4 Å². The summed E-state index contributed by atoms with van der Waals surface area (Å²) < 4.78 is 33.8. The molecular formula is C35H38N4O6S. The van der Waals surface area contributed by atoms with Crippen molar-refractivity contribution in [1.82, 2.24) is 15.0 Å². The Hall–Kier alpha value is -4.87. The smallest absolute Gasteiger partial charge is 0.328 e. The van der Waals surface area contributed by atoms with Crippen LogP contribution in [-0.2, 0) is 37.2 Å². The molecule has 0 saturated carbocycles. The Morgan fingerprint density at radius 2 is 1.54 bits per heavy atom. The minimum Gasteiger partial charge on any atom is -0.467 e. The largest absolute Gasteiger partial charge is 0.467 e. The van der Waals surface area contributed by atoms with Crippen molar-refractivity contribution >= 4 is 33.5 Å². The highest BCUT2D eigenvalue weighted by atomic mass is 32.2. The number of anilines is 1. The number of nitrogens with zero attached hydrogens (tertiary/aromatic N) is 1. The average molecular weight is 643 g/mol. The number of amides is 2. The zero-order chi connectivity index (χ0) is 33.3. The van der Waals surface area contributed by atoms with E-state index >= 15 is 0 Å². The van der Waals surface area contributed by atoms with E-state index in [9.17, 15) is 22.8 Å². The number of sulfonamides is 1. The first-order chi connectivity index (χ1) is 21.8. The molecule has 4 rings (SSSR count). The van der Waals surface area contributed by atoms with Crippen molar-refractivity contribution in [2.24, 2.45) is 0 Å². The fourth-order valence-electron chi connectivity index (χ4n) is 4.78. The summed E-state index contributed by atoms with van der Waals surface area (Å²) in [7, 11) is -2.55. The maximum atomic E-state index is 13.1. The highest BCUT2D eigenvalue weighted by Crippen LogP contribution is 2.28. The Bertz CT molecular complexity index is 1790. The van der Waals surface area contributed by atoms with Gasteiger partial charge in [0.15, 0.2) is 0 Å². The second kappa shape index (κ2) is 14.9. The van der Waals surface area contributed by atoms with E-state index in [1.165, 1.54) is 25.6 Å². The number of nitrogens with one attached hydrogen (secondary N) is 3.